The van der Waals surface area contributed by atoms with Crippen LogP contribution in [0.2, 0.25) is 0 Å². The summed E-state index contributed by atoms with van der Waals surface area (Å²) in [7, 11) is -2.22. The third-order valence-corrected chi connectivity index (χ3v) is 8.57. The van der Waals surface area contributed by atoms with Crippen molar-refractivity contribution in [1.82, 2.24) is 14.2 Å². The molecule has 0 spiro atoms. The monoisotopic (exact) mass is 511 g/mol. The van der Waals surface area contributed by atoms with Gasteiger partial charge in [-0.2, -0.15) is 4.31 Å². The summed E-state index contributed by atoms with van der Waals surface area (Å²) in [5.41, 5.74) is 0.838. The largest absolute Gasteiger partial charge is 0.496 e. The highest BCUT2D eigenvalue weighted by Crippen LogP contribution is 2.28. The van der Waals surface area contributed by atoms with Crippen LogP contribution in [0.3, 0.4) is 0 Å². The highest BCUT2D eigenvalue weighted by atomic mass is 32.2. The molecule has 0 saturated carbocycles. The number of pyridine rings is 1. The summed E-state index contributed by atoms with van der Waals surface area (Å²) in [6.45, 7) is 7.61. The fourth-order valence-electron chi connectivity index (χ4n) is 5.03. The lowest BCUT2D eigenvalue weighted by atomic mass is 9.94. The summed E-state index contributed by atoms with van der Waals surface area (Å²) in [6.07, 6.45) is 2.52. The van der Waals surface area contributed by atoms with Crippen molar-refractivity contribution in [3.05, 3.63) is 70.0 Å². The molecule has 2 heterocycles. The lowest BCUT2D eigenvalue weighted by molar-refractivity contribution is 0.0949. The predicted octanol–water partition coefficient (Wildman–Crippen LogP) is 3.63. The first kappa shape index (κ1) is 25.9. The van der Waals surface area contributed by atoms with Crippen LogP contribution in [0.4, 0.5) is 0 Å². The van der Waals surface area contributed by atoms with E-state index < -0.39 is 21.4 Å². The summed E-state index contributed by atoms with van der Waals surface area (Å²) in [5.74, 6) is 0.639. The molecule has 1 amide bonds. The second-order valence-corrected chi connectivity index (χ2v) is 11.5. The number of amides is 1. The number of carbonyl (C=O) groups is 1. The Balaban J connectivity index is 1.71. The van der Waals surface area contributed by atoms with E-state index in [1.165, 1.54) is 16.6 Å². The molecule has 3 aromatic rings. The highest BCUT2D eigenvalue weighted by molar-refractivity contribution is 7.89. The van der Waals surface area contributed by atoms with Gasteiger partial charge < -0.3 is 14.6 Å². The van der Waals surface area contributed by atoms with Crippen molar-refractivity contribution in [3.8, 4) is 5.75 Å². The number of carbonyl (C=O) groups excluding carboxylic acids is 1. The number of aromatic nitrogens is 1. The second kappa shape index (κ2) is 10.4. The minimum Gasteiger partial charge on any atom is -0.496 e. The molecule has 1 aliphatic heterocycles. The van der Waals surface area contributed by atoms with Gasteiger partial charge in [0.25, 0.3) is 5.91 Å². The van der Waals surface area contributed by atoms with Gasteiger partial charge in [-0.15, -0.1) is 0 Å². The van der Waals surface area contributed by atoms with Crippen LogP contribution in [0, 0.1) is 11.8 Å². The number of hydrogen-bond donors (Lipinski definition) is 1. The third kappa shape index (κ3) is 5.03. The van der Waals surface area contributed by atoms with Crippen LogP contribution < -0.4 is 15.5 Å². The summed E-state index contributed by atoms with van der Waals surface area (Å²) in [5, 5.41) is 3.00. The lowest BCUT2D eigenvalue weighted by Crippen LogP contribution is -2.42. The van der Waals surface area contributed by atoms with Crippen molar-refractivity contribution in [1.29, 1.82) is 0 Å². The number of nitrogens with one attached hydrogen (secondary N) is 1. The van der Waals surface area contributed by atoms with Crippen molar-refractivity contribution in [2.24, 2.45) is 11.8 Å². The molecule has 0 aliphatic carbocycles. The molecular weight excluding hydrogens is 478 g/mol. The summed E-state index contributed by atoms with van der Waals surface area (Å²) in [4.78, 5) is 26.6. The predicted molar refractivity (Wildman–Crippen MR) is 140 cm³/mol. The standard InChI is InChI=1S/C27H33N3O5S/c1-5-29-17-23(27(32)28-14-20-8-6-7-9-25(20)35-4)26(31)22-13-21(10-11-24(22)29)36(33,34)30-15-18(2)12-19(3)16-30/h6-11,13,17-19H,5,12,14-16H2,1-4H3,(H,28,32)/t18-,19-/m0/s1. The summed E-state index contributed by atoms with van der Waals surface area (Å²) >= 11 is 0. The van der Waals surface area contributed by atoms with Gasteiger partial charge in [0, 0.05) is 43.3 Å². The average Bonchev–Trinajstić information content (AvgIpc) is 2.87. The summed E-state index contributed by atoms with van der Waals surface area (Å²) in [6, 6.07) is 11.9. The molecule has 1 N–H and O–H groups in total. The van der Waals surface area contributed by atoms with Crippen molar-refractivity contribution in [2.45, 2.75) is 45.2 Å². The third-order valence-electron chi connectivity index (χ3n) is 6.74. The summed E-state index contributed by atoms with van der Waals surface area (Å²) < 4.78 is 35.5. The quantitative estimate of drug-likeness (QED) is 0.523. The maximum atomic E-state index is 13.5. The molecular formula is C27H33N3O5S. The van der Waals surface area contributed by atoms with E-state index in [1.54, 1.807) is 29.9 Å². The number of piperidine rings is 1. The Bertz CT molecular complexity index is 1440. The van der Waals surface area contributed by atoms with Gasteiger partial charge in [0.15, 0.2) is 0 Å². The second-order valence-electron chi connectivity index (χ2n) is 9.60. The van der Waals surface area contributed by atoms with Gasteiger partial charge in [-0.05, 0) is 49.4 Å². The van der Waals surface area contributed by atoms with Crippen LogP contribution in [-0.2, 0) is 23.1 Å². The van der Waals surface area contributed by atoms with Crippen LogP contribution in [0.15, 0.2) is 58.4 Å². The average molecular weight is 512 g/mol. The minimum absolute atomic E-state index is 0.0333. The maximum absolute atomic E-state index is 13.5. The van der Waals surface area contributed by atoms with Crippen LogP contribution in [0.5, 0.6) is 5.75 Å². The molecule has 8 nitrogen and oxygen atoms in total. The Morgan fingerprint density at radius 2 is 1.81 bits per heavy atom. The Kier molecular flexibility index (Phi) is 7.51. The fraction of sp³-hybridized carbons (Fsp3) is 0.407. The number of methoxy groups -OCH3 is 1. The first-order valence-corrected chi connectivity index (χ1v) is 13.7. The van der Waals surface area contributed by atoms with E-state index in [0.29, 0.717) is 30.9 Å². The number of sulfonamides is 1. The smallest absolute Gasteiger partial charge is 0.257 e. The number of aryl methyl sites for hydroxylation is 1. The van der Waals surface area contributed by atoms with Crippen molar-refractivity contribution < 1.29 is 17.9 Å². The molecule has 36 heavy (non-hydrogen) atoms. The zero-order valence-corrected chi connectivity index (χ0v) is 22.0. The first-order valence-electron chi connectivity index (χ1n) is 12.2. The minimum atomic E-state index is -3.77. The van der Waals surface area contributed by atoms with Crippen molar-refractivity contribution in [2.75, 3.05) is 20.2 Å². The van der Waals surface area contributed by atoms with E-state index in [4.69, 9.17) is 4.74 Å². The van der Waals surface area contributed by atoms with E-state index in [9.17, 15) is 18.0 Å². The van der Waals surface area contributed by atoms with Crippen LogP contribution in [0.25, 0.3) is 10.9 Å². The van der Waals surface area contributed by atoms with Gasteiger partial charge in [0.05, 0.1) is 17.5 Å². The SMILES string of the molecule is CCn1cc(C(=O)NCc2ccccc2OC)c(=O)c2cc(S(=O)(=O)N3C[C@@H](C)C[C@H](C)C3)ccc21. The molecule has 9 heteroatoms. The van der Waals surface area contributed by atoms with Gasteiger partial charge in [-0.1, -0.05) is 32.0 Å². The Morgan fingerprint density at radius 1 is 1.11 bits per heavy atom. The number of hydrogen-bond acceptors (Lipinski definition) is 5. The lowest BCUT2D eigenvalue weighted by Gasteiger charge is -2.34. The molecule has 1 saturated heterocycles. The molecule has 192 valence electrons. The van der Waals surface area contributed by atoms with E-state index >= 15 is 0 Å². The number of benzene rings is 2. The Labute approximate surface area is 211 Å². The number of para-hydroxylation sites is 1. The van der Waals surface area contributed by atoms with Crippen molar-refractivity contribution >= 4 is 26.8 Å². The van der Waals surface area contributed by atoms with Crippen LogP contribution in [-0.4, -0.2) is 43.4 Å². The van der Waals surface area contributed by atoms with Gasteiger partial charge in [-0.25, -0.2) is 8.42 Å². The molecule has 0 bridgehead atoms. The van der Waals surface area contributed by atoms with E-state index in [1.807, 2.05) is 25.1 Å². The number of nitrogens with zero attached hydrogens (tertiary/aromatic N) is 2. The molecule has 1 fully saturated rings. The number of rotatable bonds is 7. The maximum Gasteiger partial charge on any atom is 0.257 e. The van der Waals surface area contributed by atoms with E-state index in [-0.39, 0.29) is 34.2 Å². The molecule has 1 aromatic heterocycles. The molecule has 0 radical (unpaired) electrons. The van der Waals surface area contributed by atoms with Gasteiger partial charge in [0.1, 0.15) is 11.3 Å². The van der Waals surface area contributed by atoms with E-state index in [2.05, 4.69) is 19.2 Å². The first-order chi connectivity index (χ1) is 17.1. The number of ether oxygens (including phenoxy) is 1. The van der Waals surface area contributed by atoms with Crippen molar-refractivity contribution in [3.63, 3.8) is 0 Å². The molecule has 2 atom stereocenters. The van der Waals surface area contributed by atoms with E-state index in [0.717, 1.165) is 12.0 Å². The molecule has 0 unspecified atom stereocenters. The highest BCUT2D eigenvalue weighted by Gasteiger charge is 2.32. The number of fused-ring (bicyclic) bond motifs is 1. The normalized spacial score (nSPS) is 18.8. The molecule has 1 aliphatic rings. The zero-order valence-electron chi connectivity index (χ0n) is 21.2. The van der Waals surface area contributed by atoms with Gasteiger partial charge in [-0.3, -0.25) is 9.59 Å². The van der Waals surface area contributed by atoms with Crippen LogP contribution >= 0.6 is 0 Å². The van der Waals surface area contributed by atoms with Gasteiger partial charge in [0.2, 0.25) is 15.5 Å². The topological polar surface area (TPSA) is 97.7 Å². The Hall–Kier alpha value is -3.17. The Morgan fingerprint density at radius 3 is 2.47 bits per heavy atom. The zero-order chi connectivity index (χ0) is 26.0. The van der Waals surface area contributed by atoms with Gasteiger partial charge >= 0.3 is 0 Å². The fourth-order valence-corrected chi connectivity index (χ4v) is 6.74. The van der Waals surface area contributed by atoms with Crippen LogP contribution in [0.1, 0.15) is 43.1 Å². The molecule has 4 rings (SSSR count). The molecule has 2 aromatic carbocycles.